The van der Waals surface area contributed by atoms with E-state index in [0.29, 0.717) is 16.5 Å². The van der Waals surface area contributed by atoms with Crippen molar-refractivity contribution < 1.29 is 17.7 Å². The summed E-state index contributed by atoms with van der Waals surface area (Å²) < 4.78 is 39.4. The van der Waals surface area contributed by atoms with Crippen LogP contribution >= 0.6 is 11.6 Å². The molecule has 0 aliphatic rings. The van der Waals surface area contributed by atoms with Gasteiger partial charge in [0.05, 0.1) is 11.1 Å². The summed E-state index contributed by atoms with van der Waals surface area (Å²) in [5.41, 5.74) is 0.124. The van der Waals surface area contributed by atoms with Crippen molar-refractivity contribution in [1.82, 2.24) is 4.98 Å². The average Bonchev–Trinajstić information content (AvgIpc) is 2.50. The second kappa shape index (κ2) is 5.38. The van der Waals surface area contributed by atoms with E-state index in [0.717, 1.165) is 12.1 Å². The number of aromatic nitrogens is 2. The number of aromatic amines is 1. The van der Waals surface area contributed by atoms with Gasteiger partial charge in [0.15, 0.2) is 6.20 Å². The van der Waals surface area contributed by atoms with E-state index in [2.05, 4.69) is 4.98 Å². The van der Waals surface area contributed by atoms with Crippen molar-refractivity contribution in [3.05, 3.63) is 63.7 Å². The van der Waals surface area contributed by atoms with Crippen molar-refractivity contribution in [3.63, 3.8) is 0 Å². The maximum atomic E-state index is 12.6. The predicted molar refractivity (Wildman–Crippen MR) is 81.2 cm³/mol. The highest BCUT2D eigenvalue weighted by molar-refractivity contribution is 6.33. The second-order valence-corrected chi connectivity index (χ2v) is 5.47. The first-order valence-corrected chi connectivity index (χ1v) is 7.04. The Hall–Kier alpha value is -2.34. The molecule has 7 heteroatoms. The first-order chi connectivity index (χ1) is 10.8. The van der Waals surface area contributed by atoms with Crippen LogP contribution in [0.4, 0.5) is 13.2 Å². The van der Waals surface area contributed by atoms with Crippen LogP contribution in [0.5, 0.6) is 0 Å². The molecule has 0 fully saturated rings. The van der Waals surface area contributed by atoms with Crippen LogP contribution in [0.15, 0.2) is 47.5 Å². The maximum Gasteiger partial charge on any atom is 0.416 e. The van der Waals surface area contributed by atoms with Gasteiger partial charge in [-0.3, -0.25) is 4.79 Å². The van der Waals surface area contributed by atoms with Crippen molar-refractivity contribution in [1.29, 1.82) is 0 Å². The number of fused-ring (bicyclic) bond motifs is 1. The Kier molecular flexibility index (Phi) is 3.64. The number of H-pyrrole nitrogens is 1. The molecule has 3 aromatic rings. The van der Waals surface area contributed by atoms with Crippen molar-refractivity contribution in [2.24, 2.45) is 7.05 Å². The fourth-order valence-corrected chi connectivity index (χ4v) is 2.61. The van der Waals surface area contributed by atoms with Gasteiger partial charge in [-0.25, -0.2) is 0 Å². The Morgan fingerprint density at radius 2 is 1.78 bits per heavy atom. The summed E-state index contributed by atoms with van der Waals surface area (Å²) in [4.78, 5) is 15.6. The lowest BCUT2D eigenvalue weighted by Crippen LogP contribution is -2.30. The quantitative estimate of drug-likeness (QED) is 0.533. The Balaban J connectivity index is 2.19. The lowest BCUT2D eigenvalue weighted by atomic mass is 10.0. The van der Waals surface area contributed by atoms with Crippen LogP contribution in [0.1, 0.15) is 5.56 Å². The summed E-state index contributed by atoms with van der Waals surface area (Å²) in [6.45, 7) is 0. The molecule has 0 aliphatic heterocycles. The molecule has 0 radical (unpaired) electrons. The van der Waals surface area contributed by atoms with Gasteiger partial charge in [-0.2, -0.15) is 17.7 Å². The van der Waals surface area contributed by atoms with Gasteiger partial charge in [-0.05, 0) is 29.3 Å². The summed E-state index contributed by atoms with van der Waals surface area (Å²) in [6, 6.07) is 6.16. The van der Waals surface area contributed by atoms with Gasteiger partial charge in [0.1, 0.15) is 12.4 Å². The fourth-order valence-electron chi connectivity index (χ4n) is 2.36. The zero-order valence-corrected chi connectivity index (χ0v) is 12.7. The van der Waals surface area contributed by atoms with E-state index in [1.807, 2.05) is 0 Å². The van der Waals surface area contributed by atoms with Crippen LogP contribution in [0.3, 0.4) is 0 Å². The minimum Gasteiger partial charge on any atom is -0.360 e. The molecule has 1 aromatic carbocycles. The highest BCUT2D eigenvalue weighted by Gasteiger charge is 2.30. The molecule has 0 amide bonds. The largest absolute Gasteiger partial charge is 0.416 e. The van der Waals surface area contributed by atoms with Crippen molar-refractivity contribution >= 4 is 22.5 Å². The van der Waals surface area contributed by atoms with E-state index in [9.17, 15) is 18.0 Å². The predicted octanol–water partition coefficient (Wildman–Crippen LogP) is 3.69. The molecular weight excluding hydrogens is 329 g/mol. The van der Waals surface area contributed by atoms with Crippen LogP contribution in [-0.2, 0) is 13.2 Å². The minimum absolute atomic E-state index is 0.262. The molecule has 0 saturated heterocycles. The van der Waals surface area contributed by atoms with E-state index < -0.39 is 11.7 Å². The van der Waals surface area contributed by atoms with E-state index in [-0.39, 0.29) is 16.1 Å². The molecule has 0 atom stereocenters. The number of rotatable bonds is 1. The van der Waals surface area contributed by atoms with Gasteiger partial charge >= 0.3 is 6.18 Å². The van der Waals surface area contributed by atoms with Crippen LogP contribution in [0, 0.1) is 0 Å². The summed E-state index contributed by atoms with van der Waals surface area (Å²) in [5.74, 6) is 0. The summed E-state index contributed by atoms with van der Waals surface area (Å²) in [7, 11) is 1.70. The number of pyridine rings is 2. The standard InChI is InChI=1S/C16H10ClF3N2O/c1-22-7-6-12-13(15(22)17)14(23)11(8-21-12)9-2-4-10(5-3-9)16(18,19)20/h2-8H,1H3/p+1. The number of aryl methyl sites for hydroxylation is 1. The van der Waals surface area contributed by atoms with Crippen LogP contribution < -0.4 is 10.00 Å². The molecule has 3 nitrogen and oxygen atoms in total. The molecule has 0 bridgehead atoms. The smallest absolute Gasteiger partial charge is 0.360 e. The number of hydrogen-bond acceptors (Lipinski definition) is 1. The van der Waals surface area contributed by atoms with E-state index >= 15 is 0 Å². The molecule has 23 heavy (non-hydrogen) atoms. The average molecular weight is 340 g/mol. The lowest BCUT2D eigenvalue weighted by Gasteiger charge is -2.08. The maximum absolute atomic E-state index is 12.6. The molecule has 0 unspecified atom stereocenters. The molecule has 2 aromatic heterocycles. The number of nitrogens with zero attached hydrogens (tertiary/aromatic N) is 1. The molecule has 1 N–H and O–H groups in total. The van der Waals surface area contributed by atoms with Crippen molar-refractivity contribution in [2.45, 2.75) is 6.18 Å². The van der Waals surface area contributed by atoms with Crippen molar-refractivity contribution in [3.8, 4) is 11.1 Å². The van der Waals surface area contributed by atoms with Gasteiger partial charge in [0, 0.05) is 17.8 Å². The summed E-state index contributed by atoms with van der Waals surface area (Å²) >= 11 is 6.17. The third kappa shape index (κ3) is 2.70. The van der Waals surface area contributed by atoms with E-state index in [1.165, 1.54) is 18.3 Å². The van der Waals surface area contributed by atoms with Crippen LogP contribution in [-0.4, -0.2) is 4.98 Å². The number of benzene rings is 1. The first kappa shape index (κ1) is 15.6. The van der Waals surface area contributed by atoms with E-state index in [4.69, 9.17) is 11.6 Å². The van der Waals surface area contributed by atoms with Gasteiger partial charge in [-0.1, -0.05) is 12.1 Å². The Labute approximate surface area is 134 Å². The highest BCUT2D eigenvalue weighted by Crippen LogP contribution is 2.30. The van der Waals surface area contributed by atoms with Crippen LogP contribution in [0.25, 0.3) is 22.0 Å². The lowest BCUT2D eigenvalue weighted by molar-refractivity contribution is -0.667. The summed E-state index contributed by atoms with van der Waals surface area (Å²) in [5, 5.41) is 0.562. The molecule has 3 rings (SSSR count). The highest BCUT2D eigenvalue weighted by atomic mass is 35.5. The van der Waals surface area contributed by atoms with Gasteiger partial charge < -0.3 is 4.98 Å². The Bertz CT molecular complexity index is 946. The van der Waals surface area contributed by atoms with Crippen molar-refractivity contribution in [2.75, 3.05) is 0 Å². The monoisotopic (exact) mass is 339 g/mol. The van der Waals surface area contributed by atoms with E-state index in [1.54, 1.807) is 23.9 Å². The minimum atomic E-state index is -4.41. The number of alkyl halides is 3. The number of hydrogen-bond donors (Lipinski definition) is 1. The molecule has 0 saturated carbocycles. The zero-order chi connectivity index (χ0) is 16.8. The number of halogens is 4. The molecule has 2 heterocycles. The third-order valence-corrected chi connectivity index (χ3v) is 4.07. The third-order valence-electron chi connectivity index (χ3n) is 3.62. The summed E-state index contributed by atoms with van der Waals surface area (Å²) in [6.07, 6.45) is -1.23. The molecule has 118 valence electrons. The molecule has 0 spiro atoms. The van der Waals surface area contributed by atoms with Gasteiger partial charge in [-0.15, -0.1) is 0 Å². The SMILES string of the molecule is C[n+]1ccc2[nH]cc(-c3ccc(C(F)(F)F)cc3)c(=O)c2c1Cl. The van der Waals surface area contributed by atoms with Crippen LogP contribution in [0.2, 0.25) is 5.15 Å². The molecular formula is C16H11ClF3N2O+. The Morgan fingerprint density at radius 3 is 2.39 bits per heavy atom. The van der Waals surface area contributed by atoms with Gasteiger partial charge in [0.25, 0.3) is 5.15 Å². The number of nitrogens with one attached hydrogen (secondary N) is 1. The fraction of sp³-hybridized carbons (Fsp3) is 0.125. The Morgan fingerprint density at radius 1 is 1.13 bits per heavy atom. The normalized spacial score (nSPS) is 11.9. The topological polar surface area (TPSA) is 36.7 Å². The molecule has 0 aliphatic carbocycles. The second-order valence-electron chi connectivity index (χ2n) is 5.11. The van der Waals surface area contributed by atoms with Gasteiger partial charge in [0.2, 0.25) is 5.43 Å². The first-order valence-electron chi connectivity index (χ1n) is 6.66. The zero-order valence-electron chi connectivity index (χ0n) is 11.9.